The molecule has 3 rings (SSSR count). The fourth-order valence-corrected chi connectivity index (χ4v) is 5.09. The molecule has 0 spiro atoms. The SMILES string of the molecule is CC[C@@H](C)NC(=O)[C@@H](CC)N(Cc1ccc(Cl)cc1)C(=O)CN(c1ccc2c(c1)OCO2)S(=O)(=O)CC. The molecule has 2 aromatic rings. The molecular weight excluding hydrogens is 518 g/mol. The molecule has 37 heavy (non-hydrogen) atoms. The molecule has 0 aromatic heterocycles. The van der Waals surface area contributed by atoms with Crippen molar-refractivity contribution in [3.05, 3.63) is 53.1 Å². The van der Waals surface area contributed by atoms with Gasteiger partial charge in [-0.1, -0.05) is 37.6 Å². The van der Waals surface area contributed by atoms with E-state index < -0.39 is 28.5 Å². The van der Waals surface area contributed by atoms with Crippen LogP contribution in [0.3, 0.4) is 0 Å². The number of anilines is 1. The van der Waals surface area contributed by atoms with Crippen LogP contribution < -0.4 is 19.1 Å². The molecule has 0 radical (unpaired) electrons. The maximum absolute atomic E-state index is 13.8. The molecule has 0 fully saturated rings. The number of hydrogen-bond acceptors (Lipinski definition) is 6. The Bertz CT molecular complexity index is 1210. The summed E-state index contributed by atoms with van der Waals surface area (Å²) in [5, 5.41) is 3.50. The number of halogens is 1. The molecule has 9 nitrogen and oxygen atoms in total. The monoisotopic (exact) mass is 551 g/mol. The van der Waals surface area contributed by atoms with Crippen molar-refractivity contribution in [3.63, 3.8) is 0 Å². The first kappa shape index (κ1) is 28.6. The van der Waals surface area contributed by atoms with Crippen molar-refractivity contribution in [3.8, 4) is 11.5 Å². The van der Waals surface area contributed by atoms with E-state index in [0.29, 0.717) is 22.9 Å². The Balaban J connectivity index is 1.96. The number of carbonyl (C=O) groups is 2. The van der Waals surface area contributed by atoms with Gasteiger partial charge < -0.3 is 19.7 Å². The molecule has 0 bridgehead atoms. The minimum atomic E-state index is -3.84. The molecule has 1 aliphatic rings. The van der Waals surface area contributed by atoms with E-state index in [1.165, 1.54) is 11.8 Å². The van der Waals surface area contributed by atoms with Crippen molar-refractivity contribution in [2.45, 2.75) is 59.2 Å². The second kappa shape index (κ2) is 12.5. The van der Waals surface area contributed by atoms with Gasteiger partial charge in [0.05, 0.1) is 11.4 Å². The first-order chi connectivity index (χ1) is 17.6. The summed E-state index contributed by atoms with van der Waals surface area (Å²) in [5.74, 6) is -0.0972. The van der Waals surface area contributed by atoms with E-state index in [0.717, 1.165) is 16.3 Å². The second-order valence-electron chi connectivity index (χ2n) is 8.83. The van der Waals surface area contributed by atoms with Crippen molar-refractivity contribution >= 4 is 39.1 Å². The maximum atomic E-state index is 13.8. The molecule has 1 heterocycles. The van der Waals surface area contributed by atoms with Crippen molar-refractivity contribution < 1.29 is 27.5 Å². The number of sulfonamides is 1. The van der Waals surface area contributed by atoms with Gasteiger partial charge in [0.1, 0.15) is 12.6 Å². The number of benzene rings is 2. The highest BCUT2D eigenvalue weighted by Crippen LogP contribution is 2.36. The van der Waals surface area contributed by atoms with Crippen LogP contribution in [0.2, 0.25) is 5.02 Å². The number of hydrogen-bond donors (Lipinski definition) is 1. The zero-order valence-electron chi connectivity index (χ0n) is 21.6. The molecule has 0 unspecified atom stereocenters. The molecule has 1 aliphatic heterocycles. The average Bonchev–Trinajstić information content (AvgIpc) is 3.36. The summed E-state index contributed by atoms with van der Waals surface area (Å²) in [5.41, 5.74) is 1.04. The topological polar surface area (TPSA) is 105 Å². The lowest BCUT2D eigenvalue weighted by atomic mass is 10.1. The predicted molar refractivity (Wildman–Crippen MR) is 143 cm³/mol. The van der Waals surface area contributed by atoms with E-state index >= 15 is 0 Å². The van der Waals surface area contributed by atoms with E-state index in [4.69, 9.17) is 21.1 Å². The van der Waals surface area contributed by atoms with Gasteiger partial charge in [0.2, 0.25) is 28.6 Å². The van der Waals surface area contributed by atoms with E-state index in [2.05, 4.69) is 5.32 Å². The van der Waals surface area contributed by atoms with Gasteiger partial charge in [0, 0.05) is 23.7 Å². The van der Waals surface area contributed by atoms with Gasteiger partial charge in [-0.3, -0.25) is 13.9 Å². The Morgan fingerprint density at radius 2 is 1.70 bits per heavy atom. The summed E-state index contributed by atoms with van der Waals surface area (Å²) in [6.45, 7) is 6.87. The summed E-state index contributed by atoms with van der Waals surface area (Å²) in [6, 6.07) is 10.8. The third-order valence-corrected chi connectivity index (χ3v) is 8.27. The molecule has 2 atom stereocenters. The van der Waals surface area contributed by atoms with E-state index in [1.807, 2.05) is 20.8 Å². The van der Waals surface area contributed by atoms with Gasteiger partial charge in [-0.2, -0.15) is 0 Å². The van der Waals surface area contributed by atoms with Crippen LogP contribution in [0.15, 0.2) is 42.5 Å². The van der Waals surface area contributed by atoms with Crippen molar-refractivity contribution in [2.75, 3.05) is 23.4 Å². The van der Waals surface area contributed by atoms with Gasteiger partial charge in [-0.15, -0.1) is 0 Å². The predicted octanol–water partition coefficient (Wildman–Crippen LogP) is 3.95. The summed E-state index contributed by atoms with van der Waals surface area (Å²) >= 11 is 6.03. The van der Waals surface area contributed by atoms with Crippen LogP contribution in [0.5, 0.6) is 11.5 Å². The van der Waals surface area contributed by atoms with E-state index in [-0.39, 0.29) is 36.7 Å². The third kappa shape index (κ3) is 7.07. The lowest BCUT2D eigenvalue weighted by Crippen LogP contribution is -2.53. The molecule has 2 amide bonds. The Hall–Kier alpha value is -2.98. The Labute approximate surface area is 223 Å². The van der Waals surface area contributed by atoms with Crippen LogP contribution in [-0.4, -0.2) is 56.3 Å². The standard InChI is InChI=1S/C26H34ClN3O6S/c1-5-18(4)28-26(32)22(6-2)29(15-19-8-10-20(27)11-9-19)25(31)16-30(37(33,34)7-3)21-12-13-23-24(14-21)36-17-35-23/h8-14,18,22H,5-7,15-17H2,1-4H3,(H,28,32)/t18-,22-/m1/s1. The highest BCUT2D eigenvalue weighted by atomic mass is 35.5. The van der Waals surface area contributed by atoms with Gasteiger partial charge in [0.15, 0.2) is 11.5 Å². The largest absolute Gasteiger partial charge is 0.454 e. The lowest BCUT2D eigenvalue weighted by molar-refractivity contribution is -0.140. The quantitative estimate of drug-likeness (QED) is 0.428. The smallest absolute Gasteiger partial charge is 0.244 e. The van der Waals surface area contributed by atoms with E-state index in [1.54, 1.807) is 42.5 Å². The highest BCUT2D eigenvalue weighted by Gasteiger charge is 2.33. The molecule has 11 heteroatoms. The number of ether oxygens (including phenoxy) is 2. The van der Waals surface area contributed by atoms with Crippen molar-refractivity contribution in [2.24, 2.45) is 0 Å². The first-order valence-corrected chi connectivity index (χ1v) is 14.3. The number of amides is 2. The summed E-state index contributed by atoms with van der Waals surface area (Å²) < 4.78 is 38.0. The van der Waals surface area contributed by atoms with Gasteiger partial charge in [-0.05, 0) is 56.5 Å². The molecule has 0 saturated carbocycles. The molecular formula is C26H34ClN3O6S. The second-order valence-corrected chi connectivity index (χ2v) is 11.5. The summed E-state index contributed by atoms with van der Waals surface area (Å²) in [4.78, 5) is 28.4. The van der Waals surface area contributed by atoms with Crippen LogP contribution in [0.25, 0.3) is 0 Å². The number of nitrogens with one attached hydrogen (secondary N) is 1. The van der Waals surface area contributed by atoms with Crippen molar-refractivity contribution in [1.82, 2.24) is 10.2 Å². The lowest BCUT2D eigenvalue weighted by Gasteiger charge is -2.33. The third-order valence-electron chi connectivity index (χ3n) is 6.28. The molecule has 202 valence electrons. The first-order valence-electron chi connectivity index (χ1n) is 12.3. The van der Waals surface area contributed by atoms with Gasteiger partial charge in [-0.25, -0.2) is 8.42 Å². The number of nitrogens with zero attached hydrogens (tertiary/aromatic N) is 2. The minimum absolute atomic E-state index is 0.0383. The minimum Gasteiger partial charge on any atom is -0.454 e. The highest BCUT2D eigenvalue weighted by molar-refractivity contribution is 7.92. The van der Waals surface area contributed by atoms with Gasteiger partial charge >= 0.3 is 0 Å². The Morgan fingerprint density at radius 1 is 1.03 bits per heavy atom. The average molecular weight is 552 g/mol. The Kier molecular flexibility index (Phi) is 9.67. The molecule has 0 aliphatic carbocycles. The van der Waals surface area contributed by atoms with Crippen LogP contribution in [-0.2, 0) is 26.2 Å². The van der Waals surface area contributed by atoms with Crippen LogP contribution in [0.1, 0.15) is 46.1 Å². The Morgan fingerprint density at radius 3 is 2.32 bits per heavy atom. The fourth-order valence-electron chi connectivity index (χ4n) is 3.91. The molecule has 0 saturated heterocycles. The summed E-state index contributed by atoms with van der Waals surface area (Å²) in [6.07, 6.45) is 1.09. The number of rotatable bonds is 12. The zero-order valence-corrected chi connectivity index (χ0v) is 23.1. The van der Waals surface area contributed by atoms with Gasteiger partial charge in [0.25, 0.3) is 0 Å². The normalized spacial score (nSPS) is 14.1. The van der Waals surface area contributed by atoms with Crippen molar-refractivity contribution in [1.29, 1.82) is 0 Å². The molecule has 1 N–H and O–H groups in total. The zero-order chi connectivity index (χ0) is 27.2. The van der Waals surface area contributed by atoms with Crippen LogP contribution in [0, 0.1) is 0 Å². The fraction of sp³-hybridized carbons (Fsp3) is 0.462. The van der Waals surface area contributed by atoms with Crippen LogP contribution in [0.4, 0.5) is 5.69 Å². The molecule has 2 aromatic carbocycles. The maximum Gasteiger partial charge on any atom is 0.244 e. The number of carbonyl (C=O) groups excluding carboxylic acids is 2. The van der Waals surface area contributed by atoms with E-state index in [9.17, 15) is 18.0 Å². The van der Waals surface area contributed by atoms with Crippen LogP contribution >= 0.6 is 11.6 Å². The summed E-state index contributed by atoms with van der Waals surface area (Å²) in [7, 11) is -3.84. The number of fused-ring (bicyclic) bond motifs is 1.